The molecule has 2 aromatic rings. The number of hydrogen-bond donors (Lipinski definition) is 1. The Labute approximate surface area is 118 Å². The molecule has 3 nitrogen and oxygen atoms in total. The summed E-state index contributed by atoms with van der Waals surface area (Å²) >= 11 is 1.79. The van der Waals surface area contributed by atoms with E-state index in [4.69, 9.17) is 10.5 Å². The van der Waals surface area contributed by atoms with Crippen molar-refractivity contribution in [3.8, 4) is 5.75 Å². The fraction of sp³-hybridized carbons (Fsp3) is 0.333. The molecule has 0 spiro atoms. The van der Waals surface area contributed by atoms with E-state index in [9.17, 15) is 0 Å². The minimum atomic E-state index is 0.406. The minimum Gasteiger partial charge on any atom is -0.495 e. The standard InChI is InChI=1S/C15H20N2OS/c1-11(15-5-4-8-19-15)17(2)10-12-6-7-14(18-3)13(16)9-12/h4-9,11H,10,16H2,1-3H3. The van der Waals surface area contributed by atoms with Gasteiger partial charge in [-0.1, -0.05) is 12.1 Å². The summed E-state index contributed by atoms with van der Waals surface area (Å²) in [6.45, 7) is 3.09. The number of nitrogen functional groups attached to an aromatic ring is 1. The second-order valence-electron chi connectivity index (χ2n) is 4.68. The van der Waals surface area contributed by atoms with E-state index in [0.29, 0.717) is 11.7 Å². The molecule has 4 heteroatoms. The average molecular weight is 276 g/mol. The van der Waals surface area contributed by atoms with Crippen LogP contribution in [0.2, 0.25) is 0 Å². The largest absolute Gasteiger partial charge is 0.495 e. The fourth-order valence-electron chi connectivity index (χ4n) is 2.05. The van der Waals surface area contributed by atoms with E-state index < -0.39 is 0 Å². The van der Waals surface area contributed by atoms with Gasteiger partial charge < -0.3 is 10.5 Å². The zero-order valence-corrected chi connectivity index (χ0v) is 12.4. The Morgan fingerprint density at radius 3 is 2.74 bits per heavy atom. The van der Waals surface area contributed by atoms with Crippen molar-refractivity contribution in [2.45, 2.75) is 19.5 Å². The third-order valence-corrected chi connectivity index (χ3v) is 4.38. The van der Waals surface area contributed by atoms with Gasteiger partial charge in [0.25, 0.3) is 0 Å². The number of hydrogen-bond acceptors (Lipinski definition) is 4. The highest BCUT2D eigenvalue weighted by molar-refractivity contribution is 7.10. The number of nitrogens with zero attached hydrogens (tertiary/aromatic N) is 1. The van der Waals surface area contributed by atoms with E-state index in [2.05, 4.69) is 42.5 Å². The van der Waals surface area contributed by atoms with Crippen molar-refractivity contribution < 1.29 is 4.74 Å². The lowest BCUT2D eigenvalue weighted by atomic mass is 10.1. The molecule has 1 heterocycles. The van der Waals surface area contributed by atoms with Crippen molar-refractivity contribution in [1.29, 1.82) is 0 Å². The number of rotatable bonds is 5. The Morgan fingerprint density at radius 2 is 2.16 bits per heavy atom. The molecule has 1 atom stereocenters. The van der Waals surface area contributed by atoms with Gasteiger partial charge in [-0.15, -0.1) is 11.3 Å². The molecule has 0 saturated carbocycles. The van der Waals surface area contributed by atoms with Crippen LogP contribution in [0.3, 0.4) is 0 Å². The molecule has 1 aromatic carbocycles. The maximum absolute atomic E-state index is 5.94. The lowest BCUT2D eigenvalue weighted by Gasteiger charge is -2.24. The van der Waals surface area contributed by atoms with Crippen LogP contribution in [0.1, 0.15) is 23.4 Å². The smallest absolute Gasteiger partial charge is 0.141 e. The molecular formula is C15H20N2OS. The quantitative estimate of drug-likeness (QED) is 0.849. The lowest BCUT2D eigenvalue weighted by Crippen LogP contribution is -2.21. The van der Waals surface area contributed by atoms with Crippen LogP contribution < -0.4 is 10.5 Å². The van der Waals surface area contributed by atoms with Gasteiger partial charge in [0.1, 0.15) is 5.75 Å². The second-order valence-corrected chi connectivity index (χ2v) is 5.66. The van der Waals surface area contributed by atoms with Crippen LogP contribution in [0.15, 0.2) is 35.7 Å². The summed E-state index contributed by atoms with van der Waals surface area (Å²) in [6, 6.07) is 10.6. The maximum atomic E-state index is 5.94. The third-order valence-electron chi connectivity index (χ3n) is 3.34. The van der Waals surface area contributed by atoms with Gasteiger partial charge in [-0.3, -0.25) is 4.90 Å². The molecule has 0 fully saturated rings. The molecule has 0 aliphatic rings. The summed E-state index contributed by atoms with van der Waals surface area (Å²) < 4.78 is 5.17. The molecule has 0 bridgehead atoms. The number of nitrogens with two attached hydrogens (primary N) is 1. The first-order valence-corrected chi connectivity index (χ1v) is 7.16. The summed E-state index contributed by atoms with van der Waals surface area (Å²) in [5, 5.41) is 2.12. The molecule has 0 radical (unpaired) electrons. The molecule has 2 rings (SSSR count). The van der Waals surface area contributed by atoms with Crippen molar-refractivity contribution in [2.24, 2.45) is 0 Å². The van der Waals surface area contributed by atoms with E-state index in [0.717, 1.165) is 12.3 Å². The number of ether oxygens (including phenoxy) is 1. The molecule has 0 amide bonds. The zero-order valence-electron chi connectivity index (χ0n) is 11.6. The summed E-state index contributed by atoms with van der Waals surface area (Å²) in [6.07, 6.45) is 0. The Hall–Kier alpha value is -1.52. The van der Waals surface area contributed by atoms with Crippen LogP contribution in [0.5, 0.6) is 5.75 Å². The molecule has 0 aliphatic heterocycles. The molecule has 1 aromatic heterocycles. The van der Waals surface area contributed by atoms with Gasteiger partial charge in [0.05, 0.1) is 12.8 Å². The molecule has 102 valence electrons. The number of thiophene rings is 1. The monoisotopic (exact) mass is 276 g/mol. The Morgan fingerprint density at radius 1 is 1.37 bits per heavy atom. The van der Waals surface area contributed by atoms with Crippen LogP contribution in [0.4, 0.5) is 5.69 Å². The zero-order chi connectivity index (χ0) is 13.8. The van der Waals surface area contributed by atoms with Crippen molar-refractivity contribution in [3.05, 3.63) is 46.2 Å². The van der Waals surface area contributed by atoms with Crippen molar-refractivity contribution in [1.82, 2.24) is 4.90 Å². The Bertz CT molecular complexity index is 525. The first-order chi connectivity index (χ1) is 9.11. The first kappa shape index (κ1) is 13.9. The minimum absolute atomic E-state index is 0.406. The Kier molecular flexibility index (Phi) is 4.45. The normalized spacial score (nSPS) is 12.6. The van der Waals surface area contributed by atoms with Crippen LogP contribution >= 0.6 is 11.3 Å². The van der Waals surface area contributed by atoms with Gasteiger partial charge in [0.15, 0.2) is 0 Å². The SMILES string of the molecule is COc1ccc(CN(C)C(C)c2cccs2)cc1N. The molecule has 0 saturated heterocycles. The van der Waals surface area contributed by atoms with Gasteiger partial charge in [0.2, 0.25) is 0 Å². The molecular weight excluding hydrogens is 256 g/mol. The fourth-order valence-corrected chi connectivity index (χ4v) is 2.90. The number of anilines is 1. The van der Waals surface area contributed by atoms with Gasteiger partial charge in [-0.25, -0.2) is 0 Å². The summed E-state index contributed by atoms with van der Waals surface area (Å²) in [7, 11) is 3.77. The predicted octanol–water partition coefficient (Wildman–Crippen LogP) is 3.53. The van der Waals surface area contributed by atoms with Crippen molar-refractivity contribution >= 4 is 17.0 Å². The van der Waals surface area contributed by atoms with Gasteiger partial charge in [-0.2, -0.15) is 0 Å². The van der Waals surface area contributed by atoms with E-state index >= 15 is 0 Å². The van der Waals surface area contributed by atoms with Gasteiger partial charge >= 0.3 is 0 Å². The highest BCUT2D eigenvalue weighted by Crippen LogP contribution is 2.27. The lowest BCUT2D eigenvalue weighted by molar-refractivity contribution is 0.256. The average Bonchev–Trinajstić information content (AvgIpc) is 2.92. The van der Waals surface area contributed by atoms with Gasteiger partial charge in [-0.05, 0) is 43.1 Å². The maximum Gasteiger partial charge on any atom is 0.141 e. The first-order valence-electron chi connectivity index (χ1n) is 6.28. The van der Waals surface area contributed by atoms with E-state index in [1.54, 1.807) is 18.4 Å². The number of methoxy groups -OCH3 is 1. The second kappa shape index (κ2) is 6.08. The summed E-state index contributed by atoms with van der Waals surface area (Å²) in [5.74, 6) is 0.734. The Balaban J connectivity index is 2.06. The third kappa shape index (κ3) is 3.28. The summed E-state index contributed by atoms with van der Waals surface area (Å²) in [5.41, 5.74) is 7.83. The van der Waals surface area contributed by atoms with Crippen LogP contribution in [0, 0.1) is 0 Å². The highest BCUT2D eigenvalue weighted by atomic mass is 32.1. The van der Waals surface area contributed by atoms with E-state index in [1.165, 1.54) is 10.4 Å². The molecule has 1 unspecified atom stereocenters. The molecule has 0 aliphatic carbocycles. The van der Waals surface area contributed by atoms with Crippen LogP contribution in [-0.2, 0) is 6.54 Å². The molecule has 19 heavy (non-hydrogen) atoms. The highest BCUT2D eigenvalue weighted by Gasteiger charge is 2.13. The molecule has 2 N–H and O–H groups in total. The topological polar surface area (TPSA) is 38.5 Å². The van der Waals surface area contributed by atoms with E-state index in [1.807, 2.05) is 12.1 Å². The summed E-state index contributed by atoms with van der Waals surface area (Å²) in [4.78, 5) is 3.69. The van der Waals surface area contributed by atoms with Crippen molar-refractivity contribution in [2.75, 3.05) is 19.9 Å². The van der Waals surface area contributed by atoms with Crippen LogP contribution in [-0.4, -0.2) is 19.1 Å². The van der Waals surface area contributed by atoms with E-state index in [-0.39, 0.29) is 0 Å². The van der Waals surface area contributed by atoms with Gasteiger partial charge in [0, 0.05) is 17.5 Å². The number of benzene rings is 1. The predicted molar refractivity (Wildman–Crippen MR) is 81.6 cm³/mol. The van der Waals surface area contributed by atoms with Crippen molar-refractivity contribution in [3.63, 3.8) is 0 Å². The van der Waals surface area contributed by atoms with Crippen LogP contribution in [0.25, 0.3) is 0 Å².